The van der Waals surface area contributed by atoms with Gasteiger partial charge in [-0.2, -0.15) is 0 Å². The fraction of sp³-hybridized carbons (Fsp3) is 0.538. The van der Waals surface area contributed by atoms with Crippen molar-refractivity contribution in [2.75, 3.05) is 5.32 Å². The lowest BCUT2D eigenvalue weighted by Crippen LogP contribution is -2.36. The van der Waals surface area contributed by atoms with Crippen LogP contribution in [0.25, 0.3) is 0 Å². The van der Waals surface area contributed by atoms with E-state index in [1.54, 1.807) is 0 Å². The molecule has 0 spiro atoms. The van der Waals surface area contributed by atoms with Crippen molar-refractivity contribution in [3.05, 3.63) is 26.7 Å². The number of benzene rings is 1. The molecule has 1 aliphatic heterocycles. The van der Waals surface area contributed by atoms with Crippen molar-refractivity contribution in [1.82, 2.24) is 0 Å². The third kappa shape index (κ3) is 3.32. The zero-order valence-corrected chi connectivity index (χ0v) is 13.4. The first-order valence-electron chi connectivity index (χ1n) is 6.03. The van der Waals surface area contributed by atoms with E-state index in [9.17, 15) is 0 Å². The van der Waals surface area contributed by atoms with Crippen LogP contribution in [-0.2, 0) is 4.74 Å². The Morgan fingerprint density at radius 2 is 1.78 bits per heavy atom. The molecule has 100 valence electrons. The third-order valence-electron chi connectivity index (χ3n) is 3.09. The molecule has 2 nitrogen and oxygen atoms in total. The van der Waals surface area contributed by atoms with Crippen molar-refractivity contribution in [2.45, 2.75) is 44.9 Å². The Balaban J connectivity index is 2.12. The highest BCUT2D eigenvalue weighted by Crippen LogP contribution is 2.37. The van der Waals surface area contributed by atoms with Crippen LogP contribution in [0.1, 0.15) is 26.7 Å². The lowest BCUT2D eigenvalue weighted by molar-refractivity contribution is -0.0337. The summed E-state index contributed by atoms with van der Waals surface area (Å²) in [7, 11) is 0. The molecule has 1 aromatic rings. The standard InChI is InChI=1S/C13H16BrCl2NO/c1-7-5-9(6-8(2)18-7)17-11-4-3-10(14)12(15)13(11)16/h3-4,7-9,17H,5-6H2,1-2H3. The Labute approximate surface area is 126 Å². The number of anilines is 1. The van der Waals surface area contributed by atoms with E-state index in [0.29, 0.717) is 16.1 Å². The second kappa shape index (κ2) is 6.00. The molecule has 1 saturated heterocycles. The molecule has 0 aliphatic carbocycles. The summed E-state index contributed by atoms with van der Waals surface area (Å²) < 4.78 is 6.53. The Morgan fingerprint density at radius 1 is 1.17 bits per heavy atom. The summed E-state index contributed by atoms with van der Waals surface area (Å²) in [6, 6.07) is 4.23. The first-order chi connectivity index (χ1) is 8.47. The summed E-state index contributed by atoms with van der Waals surface area (Å²) in [6.45, 7) is 4.20. The molecule has 2 rings (SSSR count). The van der Waals surface area contributed by atoms with E-state index in [1.807, 2.05) is 12.1 Å². The number of rotatable bonds is 2. The van der Waals surface area contributed by atoms with Gasteiger partial charge < -0.3 is 10.1 Å². The molecule has 1 aliphatic rings. The Hall–Kier alpha value is 0.0400. The lowest BCUT2D eigenvalue weighted by atomic mass is 9.99. The van der Waals surface area contributed by atoms with E-state index in [-0.39, 0.29) is 12.2 Å². The number of ether oxygens (including phenoxy) is 1. The van der Waals surface area contributed by atoms with Gasteiger partial charge in [0.25, 0.3) is 0 Å². The Bertz CT molecular complexity index is 431. The number of halogens is 3. The maximum Gasteiger partial charge on any atom is 0.0835 e. The number of nitrogens with one attached hydrogen (secondary N) is 1. The van der Waals surface area contributed by atoms with Gasteiger partial charge in [-0.25, -0.2) is 0 Å². The van der Waals surface area contributed by atoms with Crippen LogP contribution >= 0.6 is 39.1 Å². The molecule has 0 radical (unpaired) electrons. The van der Waals surface area contributed by atoms with Gasteiger partial charge in [-0.05, 0) is 54.8 Å². The van der Waals surface area contributed by atoms with Crippen molar-refractivity contribution < 1.29 is 4.74 Å². The normalized spacial score (nSPS) is 28.2. The van der Waals surface area contributed by atoms with Gasteiger partial charge in [-0.3, -0.25) is 0 Å². The molecule has 1 aromatic carbocycles. The van der Waals surface area contributed by atoms with E-state index < -0.39 is 0 Å². The van der Waals surface area contributed by atoms with Gasteiger partial charge in [-0.15, -0.1) is 0 Å². The van der Waals surface area contributed by atoms with E-state index in [0.717, 1.165) is 23.0 Å². The summed E-state index contributed by atoms with van der Waals surface area (Å²) in [4.78, 5) is 0. The Kier molecular flexibility index (Phi) is 4.81. The molecule has 0 saturated carbocycles. The van der Waals surface area contributed by atoms with Crippen LogP contribution in [0.3, 0.4) is 0 Å². The quantitative estimate of drug-likeness (QED) is 0.745. The van der Waals surface area contributed by atoms with Crippen LogP contribution in [0.5, 0.6) is 0 Å². The second-order valence-electron chi connectivity index (χ2n) is 4.79. The van der Waals surface area contributed by atoms with Crippen LogP contribution in [0.15, 0.2) is 16.6 Å². The summed E-state index contributed by atoms with van der Waals surface area (Å²) in [6.07, 6.45) is 2.51. The van der Waals surface area contributed by atoms with Gasteiger partial charge in [0, 0.05) is 10.5 Å². The van der Waals surface area contributed by atoms with Crippen LogP contribution < -0.4 is 5.32 Å². The number of hydrogen-bond acceptors (Lipinski definition) is 2. The van der Waals surface area contributed by atoms with E-state index in [2.05, 4.69) is 35.1 Å². The highest BCUT2D eigenvalue weighted by molar-refractivity contribution is 9.10. The average molecular weight is 353 g/mol. The fourth-order valence-corrected chi connectivity index (χ4v) is 3.21. The number of hydrogen-bond donors (Lipinski definition) is 1. The van der Waals surface area contributed by atoms with Crippen LogP contribution in [0.2, 0.25) is 10.0 Å². The molecule has 0 aromatic heterocycles. The summed E-state index contributed by atoms with van der Waals surface area (Å²) in [5, 5.41) is 4.58. The minimum atomic E-state index is 0.274. The van der Waals surface area contributed by atoms with Gasteiger partial charge >= 0.3 is 0 Å². The van der Waals surface area contributed by atoms with Crippen LogP contribution in [0.4, 0.5) is 5.69 Å². The molecule has 1 fully saturated rings. The minimum Gasteiger partial charge on any atom is -0.381 e. The summed E-state index contributed by atoms with van der Waals surface area (Å²) in [5.41, 5.74) is 0.885. The molecule has 18 heavy (non-hydrogen) atoms. The van der Waals surface area contributed by atoms with E-state index in [1.165, 1.54) is 0 Å². The highest BCUT2D eigenvalue weighted by Gasteiger charge is 2.25. The van der Waals surface area contributed by atoms with Gasteiger partial charge in [0.15, 0.2) is 0 Å². The maximum absolute atomic E-state index is 6.23. The maximum atomic E-state index is 6.23. The predicted molar refractivity (Wildman–Crippen MR) is 80.8 cm³/mol. The molecule has 2 unspecified atom stereocenters. The lowest BCUT2D eigenvalue weighted by Gasteiger charge is -2.33. The van der Waals surface area contributed by atoms with Gasteiger partial charge in [-0.1, -0.05) is 23.2 Å². The van der Waals surface area contributed by atoms with E-state index in [4.69, 9.17) is 27.9 Å². The molecule has 1 heterocycles. The largest absolute Gasteiger partial charge is 0.381 e. The molecular weight excluding hydrogens is 337 g/mol. The van der Waals surface area contributed by atoms with Gasteiger partial charge in [0.1, 0.15) is 0 Å². The predicted octanol–water partition coefficient (Wildman–Crippen LogP) is 5.12. The fourth-order valence-electron chi connectivity index (χ4n) is 2.38. The molecule has 0 bridgehead atoms. The van der Waals surface area contributed by atoms with Crippen LogP contribution in [0, 0.1) is 0 Å². The topological polar surface area (TPSA) is 21.3 Å². The first kappa shape index (κ1) is 14.4. The van der Waals surface area contributed by atoms with Crippen molar-refractivity contribution >= 4 is 44.8 Å². The zero-order valence-electron chi connectivity index (χ0n) is 10.3. The van der Waals surface area contributed by atoms with Crippen molar-refractivity contribution in [1.29, 1.82) is 0 Å². The zero-order chi connectivity index (χ0) is 13.3. The third-order valence-corrected chi connectivity index (χ3v) is 4.86. The minimum absolute atomic E-state index is 0.274. The van der Waals surface area contributed by atoms with Gasteiger partial charge in [0.2, 0.25) is 0 Å². The van der Waals surface area contributed by atoms with Crippen molar-refractivity contribution in [3.63, 3.8) is 0 Å². The summed E-state index contributed by atoms with van der Waals surface area (Å²) >= 11 is 15.7. The van der Waals surface area contributed by atoms with Gasteiger partial charge in [0.05, 0.1) is 27.9 Å². The van der Waals surface area contributed by atoms with Crippen molar-refractivity contribution in [2.24, 2.45) is 0 Å². The van der Waals surface area contributed by atoms with E-state index >= 15 is 0 Å². The summed E-state index contributed by atoms with van der Waals surface area (Å²) in [5.74, 6) is 0. The smallest absolute Gasteiger partial charge is 0.0835 e. The van der Waals surface area contributed by atoms with Crippen molar-refractivity contribution in [3.8, 4) is 0 Å². The SMILES string of the molecule is CC1CC(Nc2ccc(Br)c(Cl)c2Cl)CC(C)O1. The second-order valence-corrected chi connectivity index (χ2v) is 6.40. The molecule has 1 N–H and O–H groups in total. The molecule has 2 atom stereocenters. The first-order valence-corrected chi connectivity index (χ1v) is 7.57. The highest BCUT2D eigenvalue weighted by atomic mass is 79.9. The molecule has 0 amide bonds. The Morgan fingerprint density at radius 3 is 2.39 bits per heavy atom. The average Bonchev–Trinajstić information content (AvgIpc) is 2.29. The molecular formula is C13H16BrCl2NO. The molecule has 5 heteroatoms. The van der Waals surface area contributed by atoms with Crippen LogP contribution in [-0.4, -0.2) is 18.2 Å². The monoisotopic (exact) mass is 351 g/mol.